The number of hydrogen-bond donors (Lipinski definition) is 1. The molecule has 142 valence electrons. The molecular weight excluding hydrogens is 398 g/mol. The van der Waals surface area contributed by atoms with Crippen LogP contribution in [0.15, 0.2) is 52.5 Å². The highest BCUT2D eigenvalue weighted by Gasteiger charge is 2.32. The number of carbonyl (C=O) groups excluding carboxylic acids is 1. The SMILES string of the molecule is CCc1ccc(/C=N/N2C(=O)/C(=C\c3cc([N+](=O)[O-])ccc3O)SC2=S)cc1. The Bertz CT molecular complexity index is 1020. The van der Waals surface area contributed by atoms with E-state index in [0.29, 0.717) is 0 Å². The second-order valence-corrected chi connectivity index (χ2v) is 7.51. The predicted octanol–water partition coefficient (Wildman–Crippen LogP) is 4.10. The summed E-state index contributed by atoms with van der Waals surface area (Å²) in [4.78, 5) is 23.2. The van der Waals surface area contributed by atoms with Crippen LogP contribution in [0.3, 0.4) is 0 Å². The van der Waals surface area contributed by atoms with E-state index >= 15 is 0 Å². The molecule has 1 N–H and O–H groups in total. The molecule has 0 bridgehead atoms. The van der Waals surface area contributed by atoms with Gasteiger partial charge in [0.2, 0.25) is 0 Å². The third kappa shape index (κ3) is 4.26. The van der Waals surface area contributed by atoms with Crippen LogP contribution in [-0.4, -0.2) is 31.5 Å². The van der Waals surface area contributed by atoms with Gasteiger partial charge in [-0.05, 0) is 41.9 Å². The van der Waals surface area contributed by atoms with Gasteiger partial charge >= 0.3 is 0 Å². The van der Waals surface area contributed by atoms with E-state index in [4.69, 9.17) is 12.2 Å². The largest absolute Gasteiger partial charge is 0.507 e. The molecule has 1 aliphatic rings. The summed E-state index contributed by atoms with van der Waals surface area (Å²) >= 11 is 6.22. The smallest absolute Gasteiger partial charge is 0.286 e. The van der Waals surface area contributed by atoms with Crippen LogP contribution >= 0.6 is 24.0 Å². The molecule has 1 saturated heterocycles. The summed E-state index contributed by atoms with van der Waals surface area (Å²) in [5.74, 6) is -0.627. The second-order valence-electron chi connectivity index (χ2n) is 5.83. The first-order valence-corrected chi connectivity index (χ1v) is 9.50. The molecule has 3 rings (SSSR count). The van der Waals surface area contributed by atoms with Gasteiger partial charge in [-0.1, -0.05) is 43.0 Å². The van der Waals surface area contributed by atoms with Gasteiger partial charge < -0.3 is 5.11 Å². The van der Waals surface area contributed by atoms with Crippen molar-refractivity contribution in [2.75, 3.05) is 0 Å². The minimum Gasteiger partial charge on any atom is -0.507 e. The Morgan fingerprint density at radius 3 is 2.64 bits per heavy atom. The van der Waals surface area contributed by atoms with Crippen molar-refractivity contribution >= 4 is 52.2 Å². The van der Waals surface area contributed by atoms with Crippen molar-refractivity contribution in [2.45, 2.75) is 13.3 Å². The quantitative estimate of drug-likeness (QED) is 0.261. The number of nitrogens with zero attached hydrogens (tertiary/aromatic N) is 3. The van der Waals surface area contributed by atoms with E-state index in [1.165, 1.54) is 36.1 Å². The lowest BCUT2D eigenvalue weighted by atomic mass is 10.1. The van der Waals surface area contributed by atoms with Crippen molar-refractivity contribution in [1.29, 1.82) is 0 Å². The van der Waals surface area contributed by atoms with Crippen LogP contribution in [0, 0.1) is 10.1 Å². The fourth-order valence-electron chi connectivity index (χ4n) is 2.44. The fraction of sp³-hybridized carbons (Fsp3) is 0.105. The number of hydrazone groups is 1. The first-order chi connectivity index (χ1) is 13.4. The Morgan fingerprint density at radius 2 is 2.00 bits per heavy atom. The summed E-state index contributed by atoms with van der Waals surface area (Å²) in [5, 5.41) is 26.1. The number of benzene rings is 2. The predicted molar refractivity (Wildman–Crippen MR) is 113 cm³/mol. The lowest BCUT2D eigenvalue weighted by Crippen LogP contribution is -2.22. The Balaban J connectivity index is 1.83. The average molecular weight is 413 g/mol. The zero-order chi connectivity index (χ0) is 20.3. The van der Waals surface area contributed by atoms with E-state index < -0.39 is 10.8 Å². The number of thiocarbonyl (C=S) groups is 1. The Labute approximate surface area is 170 Å². The number of aromatic hydroxyl groups is 1. The summed E-state index contributed by atoms with van der Waals surface area (Å²) in [7, 11) is 0. The van der Waals surface area contributed by atoms with Crippen LogP contribution in [0.2, 0.25) is 0 Å². The molecule has 0 saturated carbocycles. The molecule has 0 atom stereocenters. The van der Waals surface area contributed by atoms with Gasteiger partial charge in [0.15, 0.2) is 4.32 Å². The zero-order valence-electron chi connectivity index (χ0n) is 14.7. The third-order valence-electron chi connectivity index (χ3n) is 3.99. The summed E-state index contributed by atoms with van der Waals surface area (Å²) < 4.78 is 0.239. The molecule has 28 heavy (non-hydrogen) atoms. The molecule has 0 aliphatic carbocycles. The minimum absolute atomic E-state index is 0.161. The summed E-state index contributed by atoms with van der Waals surface area (Å²) in [5.41, 5.74) is 2.00. The molecular formula is C19H15N3O4S2. The van der Waals surface area contributed by atoms with Crippen molar-refractivity contribution in [3.8, 4) is 5.75 Å². The molecule has 9 heteroatoms. The Kier molecular flexibility index (Phi) is 5.86. The van der Waals surface area contributed by atoms with Gasteiger partial charge in [0.05, 0.1) is 16.0 Å². The van der Waals surface area contributed by atoms with Gasteiger partial charge in [-0.15, -0.1) is 0 Å². The Hall–Kier alpha value is -3.04. The topological polar surface area (TPSA) is 96.0 Å². The number of rotatable bonds is 5. The van der Waals surface area contributed by atoms with Gasteiger partial charge in [0.25, 0.3) is 11.6 Å². The van der Waals surface area contributed by atoms with Crippen LogP contribution in [-0.2, 0) is 11.2 Å². The molecule has 0 radical (unpaired) electrons. The van der Waals surface area contributed by atoms with E-state index in [0.717, 1.165) is 28.8 Å². The third-order valence-corrected chi connectivity index (χ3v) is 5.28. The number of carbonyl (C=O) groups is 1. The number of non-ortho nitro benzene ring substituents is 1. The number of amides is 1. The number of aryl methyl sites for hydroxylation is 1. The van der Waals surface area contributed by atoms with Gasteiger partial charge in [-0.25, -0.2) is 0 Å². The molecule has 1 fully saturated rings. The molecule has 0 spiro atoms. The van der Waals surface area contributed by atoms with Gasteiger partial charge in [0.1, 0.15) is 5.75 Å². The number of nitro groups is 1. The van der Waals surface area contributed by atoms with E-state index in [1.54, 1.807) is 0 Å². The normalized spacial score (nSPS) is 15.8. The molecule has 2 aromatic carbocycles. The van der Waals surface area contributed by atoms with Crippen LogP contribution in [0.1, 0.15) is 23.6 Å². The highest BCUT2D eigenvalue weighted by atomic mass is 32.2. The van der Waals surface area contributed by atoms with E-state index in [1.807, 2.05) is 24.3 Å². The van der Waals surface area contributed by atoms with Crippen molar-refractivity contribution in [1.82, 2.24) is 5.01 Å². The molecule has 1 amide bonds. The number of thioether (sulfide) groups is 1. The maximum Gasteiger partial charge on any atom is 0.286 e. The van der Waals surface area contributed by atoms with Crippen molar-refractivity contribution < 1.29 is 14.8 Å². The first kappa shape index (κ1) is 19.7. The lowest BCUT2D eigenvalue weighted by Gasteiger charge is -2.06. The van der Waals surface area contributed by atoms with Crippen molar-refractivity contribution in [3.05, 3.63) is 74.2 Å². The number of nitro benzene ring substituents is 1. The average Bonchev–Trinajstić information content (AvgIpc) is 2.95. The highest BCUT2D eigenvalue weighted by molar-refractivity contribution is 8.26. The van der Waals surface area contributed by atoms with Crippen LogP contribution < -0.4 is 0 Å². The summed E-state index contributed by atoms with van der Waals surface area (Å²) in [6.45, 7) is 2.06. The van der Waals surface area contributed by atoms with Gasteiger partial charge in [-0.3, -0.25) is 14.9 Å². The maximum atomic E-state index is 12.6. The molecule has 0 unspecified atom stereocenters. The molecule has 2 aromatic rings. The first-order valence-electron chi connectivity index (χ1n) is 8.27. The summed E-state index contributed by atoms with van der Waals surface area (Å²) in [6, 6.07) is 11.4. The van der Waals surface area contributed by atoms with Gasteiger partial charge in [0, 0.05) is 17.7 Å². The molecule has 1 aliphatic heterocycles. The lowest BCUT2D eigenvalue weighted by molar-refractivity contribution is -0.384. The van der Waals surface area contributed by atoms with Crippen molar-refractivity contribution in [3.63, 3.8) is 0 Å². The Morgan fingerprint density at radius 1 is 1.29 bits per heavy atom. The minimum atomic E-state index is -0.573. The number of hydrogen-bond acceptors (Lipinski definition) is 7. The standard InChI is InChI=1S/C19H15N3O4S2/c1-2-12-3-5-13(6-4-12)11-20-21-18(24)17(28-19(21)27)10-14-9-15(22(25)26)7-8-16(14)23/h3-11,23H,2H2,1H3/b17-10+,20-11+. The molecule has 1 heterocycles. The van der Waals surface area contributed by atoms with Crippen LogP contribution in [0.4, 0.5) is 5.69 Å². The van der Waals surface area contributed by atoms with E-state index in [2.05, 4.69) is 12.0 Å². The van der Waals surface area contributed by atoms with E-state index in [-0.39, 0.29) is 26.2 Å². The molecule has 7 nitrogen and oxygen atoms in total. The van der Waals surface area contributed by atoms with Crippen LogP contribution in [0.5, 0.6) is 5.75 Å². The van der Waals surface area contributed by atoms with E-state index in [9.17, 15) is 20.0 Å². The molecule has 0 aromatic heterocycles. The zero-order valence-corrected chi connectivity index (χ0v) is 16.4. The van der Waals surface area contributed by atoms with Crippen LogP contribution in [0.25, 0.3) is 6.08 Å². The second kappa shape index (κ2) is 8.32. The maximum absolute atomic E-state index is 12.6. The number of phenols is 1. The highest BCUT2D eigenvalue weighted by Crippen LogP contribution is 2.35. The fourth-order valence-corrected chi connectivity index (χ4v) is 3.60. The van der Waals surface area contributed by atoms with Crippen molar-refractivity contribution in [2.24, 2.45) is 5.10 Å². The summed E-state index contributed by atoms with van der Waals surface area (Å²) in [6.07, 6.45) is 3.84. The monoisotopic (exact) mass is 413 g/mol. The van der Waals surface area contributed by atoms with Gasteiger partial charge in [-0.2, -0.15) is 10.1 Å². The number of phenolic OH excluding ortho intramolecular Hbond substituents is 1.